The van der Waals surface area contributed by atoms with E-state index in [1.807, 2.05) is 80.1 Å². The van der Waals surface area contributed by atoms with Crippen LogP contribution < -0.4 is 10.1 Å². The number of nitrogens with zero attached hydrogens (tertiary/aromatic N) is 5. The summed E-state index contributed by atoms with van der Waals surface area (Å²) in [6, 6.07) is 14.2. The van der Waals surface area contributed by atoms with Crippen molar-refractivity contribution in [3.63, 3.8) is 0 Å². The molecule has 4 aromatic rings. The summed E-state index contributed by atoms with van der Waals surface area (Å²) < 4.78 is 5.26. The first kappa shape index (κ1) is 25.5. The summed E-state index contributed by atoms with van der Waals surface area (Å²) in [7, 11) is 1.60. The van der Waals surface area contributed by atoms with Crippen molar-refractivity contribution in [2.24, 2.45) is 0 Å². The van der Waals surface area contributed by atoms with Crippen LogP contribution in [0.25, 0.3) is 10.7 Å². The molecule has 0 saturated heterocycles. The maximum absolute atomic E-state index is 13.7. The Balaban J connectivity index is 1.66. The highest BCUT2D eigenvalue weighted by atomic mass is 32.1. The smallest absolute Gasteiger partial charge is 0.248 e. The Bertz CT molecular complexity index is 1280. The van der Waals surface area contributed by atoms with Crippen molar-refractivity contribution in [2.45, 2.75) is 45.4 Å². The Morgan fingerprint density at radius 2 is 1.81 bits per heavy atom. The van der Waals surface area contributed by atoms with E-state index < -0.39 is 11.6 Å². The van der Waals surface area contributed by atoms with Crippen molar-refractivity contribution in [1.29, 1.82) is 0 Å². The standard InChI is InChI=1S/C25H28N6O3S2/c1-25(2,3)26-24(33)22(19-7-5-13-35-19)30(15-17-9-11-18(34-4)12-10-17)21(32)16-31-28-23(27-29-31)20-8-6-14-36-20/h5-14,22H,15-16H2,1-4H3,(H,26,33)/t22-/m1/s1. The number of thiophene rings is 2. The van der Waals surface area contributed by atoms with Crippen LogP contribution in [0.3, 0.4) is 0 Å². The predicted octanol–water partition coefficient (Wildman–Crippen LogP) is 4.16. The number of hydrogen-bond donors (Lipinski definition) is 1. The fraction of sp³-hybridized carbons (Fsp3) is 0.320. The average molecular weight is 525 g/mol. The molecular formula is C25H28N6O3S2. The fourth-order valence-electron chi connectivity index (χ4n) is 3.59. The first-order valence-electron chi connectivity index (χ1n) is 11.3. The van der Waals surface area contributed by atoms with E-state index in [4.69, 9.17) is 4.74 Å². The van der Waals surface area contributed by atoms with Gasteiger partial charge in [0.25, 0.3) is 0 Å². The SMILES string of the molecule is COc1ccc(CN(C(=O)Cn2nnc(-c3cccs3)n2)[C@@H](C(=O)NC(C)(C)C)c2cccs2)cc1. The van der Waals surface area contributed by atoms with Crippen LogP contribution in [0.5, 0.6) is 5.75 Å². The van der Waals surface area contributed by atoms with Crippen molar-refractivity contribution in [2.75, 3.05) is 7.11 Å². The monoisotopic (exact) mass is 524 g/mol. The molecule has 0 saturated carbocycles. The van der Waals surface area contributed by atoms with E-state index in [1.54, 1.807) is 12.0 Å². The Kier molecular flexibility index (Phi) is 7.80. The fourth-order valence-corrected chi connectivity index (χ4v) is 5.07. The highest BCUT2D eigenvalue weighted by Crippen LogP contribution is 2.29. The van der Waals surface area contributed by atoms with E-state index >= 15 is 0 Å². The minimum Gasteiger partial charge on any atom is -0.497 e. The molecule has 0 bridgehead atoms. The molecule has 188 valence electrons. The van der Waals surface area contributed by atoms with E-state index in [0.717, 1.165) is 15.3 Å². The second-order valence-electron chi connectivity index (χ2n) is 9.15. The third-order valence-electron chi connectivity index (χ3n) is 5.17. The lowest BCUT2D eigenvalue weighted by atomic mass is 10.1. The quantitative estimate of drug-likeness (QED) is 0.353. The number of carbonyl (C=O) groups is 2. The molecule has 1 N–H and O–H groups in total. The summed E-state index contributed by atoms with van der Waals surface area (Å²) in [5.74, 6) is 0.616. The number of rotatable bonds is 9. The van der Waals surface area contributed by atoms with Crippen molar-refractivity contribution >= 4 is 34.5 Å². The number of methoxy groups -OCH3 is 1. The number of tetrazole rings is 1. The van der Waals surface area contributed by atoms with Gasteiger partial charge in [0.05, 0.1) is 12.0 Å². The van der Waals surface area contributed by atoms with Gasteiger partial charge in [-0.3, -0.25) is 9.59 Å². The van der Waals surface area contributed by atoms with Gasteiger partial charge in [0.15, 0.2) is 0 Å². The van der Waals surface area contributed by atoms with Gasteiger partial charge in [-0.25, -0.2) is 0 Å². The number of benzene rings is 1. The third kappa shape index (κ3) is 6.35. The lowest BCUT2D eigenvalue weighted by molar-refractivity contribution is -0.143. The second kappa shape index (κ2) is 11.0. The summed E-state index contributed by atoms with van der Waals surface area (Å²) in [6.45, 7) is 5.81. The van der Waals surface area contributed by atoms with Crippen LogP contribution in [-0.2, 0) is 22.7 Å². The van der Waals surface area contributed by atoms with Crippen LogP contribution in [0.4, 0.5) is 0 Å². The minimum atomic E-state index is -0.820. The number of carbonyl (C=O) groups excluding carboxylic acids is 2. The maximum Gasteiger partial charge on any atom is 0.248 e. The third-order valence-corrected chi connectivity index (χ3v) is 6.96. The zero-order valence-electron chi connectivity index (χ0n) is 20.5. The molecule has 4 rings (SSSR count). The molecule has 0 radical (unpaired) electrons. The number of ether oxygens (including phenoxy) is 1. The van der Waals surface area contributed by atoms with Gasteiger partial charge in [-0.05, 0) is 66.6 Å². The molecule has 1 aromatic carbocycles. The van der Waals surface area contributed by atoms with E-state index in [9.17, 15) is 9.59 Å². The zero-order valence-corrected chi connectivity index (χ0v) is 22.2. The van der Waals surface area contributed by atoms with Gasteiger partial charge < -0.3 is 15.0 Å². The van der Waals surface area contributed by atoms with Gasteiger partial charge in [0.1, 0.15) is 18.3 Å². The second-order valence-corrected chi connectivity index (χ2v) is 11.1. The zero-order chi connectivity index (χ0) is 25.7. The molecule has 0 fully saturated rings. The largest absolute Gasteiger partial charge is 0.497 e. The Morgan fingerprint density at radius 3 is 2.42 bits per heavy atom. The van der Waals surface area contributed by atoms with Crippen molar-refractivity contribution < 1.29 is 14.3 Å². The molecular weight excluding hydrogens is 496 g/mol. The molecule has 1 atom stereocenters. The molecule has 0 spiro atoms. The van der Waals surface area contributed by atoms with Crippen molar-refractivity contribution in [3.8, 4) is 16.5 Å². The van der Waals surface area contributed by atoms with E-state index in [2.05, 4.69) is 20.7 Å². The van der Waals surface area contributed by atoms with Crippen LogP contribution >= 0.6 is 22.7 Å². The molecule has 3 aromatic heterocycles. The highest BCUT2D eigenvalue weighted by molar-refractivity contribution is 7.13. The summed E-state index contributed by atoms with van der Waals surface area (Å²) in [5.41, 5.74) is 0.393. The van der Waals surface area contributed by atoms with E-state index in [1.165, 1.54) is 27.5 Å². The molecule has 0 unspecified atom stereocenters. The van der Waals surface area contributed by atoms with Crippen LogP contribution in [0.15, 0.2) is 59.3 Å². The average Bonchev–Trinajstić information content (AvgIpc) is 3.60. The van der Waals surface area contributed by atoms with E-state index in [-0.39, 0.29) is 24.9 Å². The Labute approximate surface area is 217 Å². The topological polar surface area (TPSA) is 102 Å². The molecule has 11 heteroatoms. The summed E-state index contributed by atoms with van der Waals surface area (Å²) >= 11 is 2.93. The summed E-state index contributed by atoms with van der Waals surface area (Å²) in [4.78, 5) is 31.8. The Hall–Kier alpha value is -3.57. The van der Waals surface area contributed by atoms with Gasteiger partial charge in [-0.1, -0.05) is 24.3 Å². The molecule has 36 heavy (non-hydrogen) atoms. The Morgan fingerprint density at radius 1 is 1.08 bits per heavy atom. The molecule has 3 heterocycles. The minimum absolute atomic E-state index is 0.154. The molecule has 9 nitrogen and oxygen atoms in total. The molecule has 0 aliphatic carbocycles. The molecule has 0 aliphatic heterocycles. The van der Waals surface area contributed by atoms with E-state index in [0.29, 0.717) is 11.6 Å². The predicted molar refractivity (Wildman–Crippen MR) is 140 cm³/mol. The van der Waals surface area contributed by atoms with Crippen LogP contribution in [-0.4, -0.2) is 49.6 Å². The summed E-state index contributed by atoms with van der Waals surface area (Å²) in [5, 5.41) is 19.4. The van der Waals surface area contributed by atoms with Crippen LogP contribution in [0.1, 0.15) is 37.3 Å². The lowest BCUT2D eigenvalue weighted by Gasteiger charge is -2.33. The first-order valence-corrected chi connectivity index (χ1v) is 13.1. The van der Waals surface area contributed by atoms with Gasteiger partial charge in [-0.15, -0.1) is 32.9 Å². The number of aromatic nitrogens is 4. The van der Waals surface area contributed by atoms with Gasteiger partial charge in [0, 0.05) is 17.0 Å². The van der Waals surface area contributed by atoms with Crippen LogP contribution in [0, 0.1) is 0 Å². The number of nitrogens with one attached hydrogen (secondary N) is 1. The van der Waals surface area contributed by atoms with Gasteiger partial charge in [0.2, 0.25) is 17.6 Å². The van der Waals surface area contributed by atoms with Gasteiger partial charge >= 0.3 is 0 Å². The molecule has 0 aliphatic rings. The number of amides is 2. The lowest BCUT2D eigenvalue weighted by Crippen LogP contribution is -2.49. The van der Waals surface area contributed by atoms with Gasteiger partial charge in [-0.2, -0.15) is 4.80 Å². The highest BCUT2D eigenvalue weighted by Gasteiger charge is 2.34. The normalized spacial score (nSPS) is 12.2. The maximum atomic E-state index is 13.7. The molecule has 2 amide bonds. The van der Waals surface area contributed by atoms with Crippen LogP contribution in [0.2, 0.25) is 0 Å². The summed E-state index contributed by atoms with van der Waals surface area (Å²) in [6.07, 6.45) is 0. The first-order chi connectivity index (χ1) is 17.2. The number of hydrogen-bond acceptors (Lipinski definition) is 8. The van der Waals surface area contributed by atoms with Crippen molar-refractivity contribution in [3.05, 3.63) is 69.7 Å². The van der Waals surface area contributed by atoms with Crippen molar-refractivity contribution in [1.82, 2.24) is 30.4 Å².